The minimum absolute atomic E-state index is 0.344. The lowest BCUT2D eigenvalue weighted by Crippen LogP contribution is -2.36. The Bertz CT molecular complexity index is 429. The Labute approximate surface area is 122 Å². The average Bonchev–Trinajstić information content (AvgIpc) is 2.29. The molecule has 0 aliphatic rings. The molecule has 1 amide bonds. The van der Waals surface area contributed by atoms with Gasteiger partial charge in [-0.1, -0.05) is 12.1 Å². The van der Waals surface area contributed by atoms with Gasteiger partial charge in [0, 0.05) is 7.05 Å². The second kappa shape index (κ2) is 6.80. The van der Waals surface area contributed by atoms with E-state index in [9.17, 15) is 4.79 Å². The van der Waals surface area contributed by atoms with Crippen molar-refractivity contribution in [3.63, 3.8) is 0 Å². The van der Waals surface area contributed by atoms with E-state index in [4.69, 9.17) is 9.47 Å². The fourth-order valence-corrected chi connectivity index (χ4v) is 1.68. The summed E-state index contributed by atoms with van der Waals surface area (Å²) in [6.45, 7) is 6.41. The van der Waals surface area contributed by atoms with E-state index in [2.05, 4.69) is 15.9 Å². The maximum Gasteiger partial charge on any atom is 0.410 e. The molecule has 0 spiro atoms. The Hall–Kier alpha value is -1.23. The molecule has 5 heteroatoms. The molecule has 0 aromatic heterocycles. The fourth-order valence-electron chi connectivity index (χ4n) is 1.29. The van der Waals surface area contributed by atoms with Gasteiger partial charge in [0.25, 0.3) is 0 Å². The number of likely N-dealkylation sites (N-methyl/N-ethyl adjacent to an activating group) is 1. The normalized spacial score (nSPS) is 11.0. The predicted octanol–water partition coefficient (Wildman–Crippen LogP) is 3.69. The Morgan fingerprint density at radius 3 is 2.53 bits per heavy atom. The number of hydrogen-bond donors (Lipinski definition) is 0. The molecule has 0 saturated carbocycles. The summed E-state index contributed by atoms with van der Waals surface area (Å²) < 4.78 is 11.7. The quantitative estimate of drug-likeness (QED) is 0.845. The van der Waals surface area contributed by atoms with Crippen molar-refractivity contribution in [2.24, 2.45) is 0 Å². The van der Waals surface area contributed by atoms with Crippen molar-refractivity contribution in [2.45, 2.75) is 26.4 Å². The van der Waals surface area contributed by atoms with Crippen LogP contribution < -0.4 is 4.74 Å². The van der Waals surface area contributed by atoms with Gasteiger partial charge in [-0.2, -0.15) is 0 Å². The van der Waals surface area contributed by atoms with Crippen LogP contribution in [0.1, 0.15) is 20.8 Å². The van der Waals surface area contributed by atoms with E-state index < -0.39 is 5.60 Å². The van der Waals surface area contributed by atoms with Crippen LogP contribution in [-0.4, -0.2) is 36.8 Å². The van der Waals surface area contributed by atoms with Crippen LogP contribution in [0.25, 0.3) is 0 Å². The van der Waals surface area contributed by atoms with Crippen LogP contribution in [0.2, 0.25) is 0 Å². The monoisotopic (exact) mass is 329 g/mol. The number of rotatable bonds is 4. The Balaban J connectivity index is 2.37. The van der Waals surface area contributed by atoms with Crippen LogP contribution in [-0.2, 0) is 4.74 Å². The highest BCUT2D eigenvalue weighted by molar-refractivity contribution is 9.10. The third kappa shape index (κ3) is 5.96. The lowest BCUT2D eigenvalue weighted by Gasteiger charge is -2.24. The highest BCUT2D eigenvalue weighted by Crippen LogP contribution is 2.23. The first-order valence-corrected chi connectivity index (χ1v) is 6.90. The minimum Gasteiger partial charge on any atom is -0.491 e. The third-order valence-corrected chi connectivity index (χ3v) is 2.88. The number of carbonyl (C=O) groups excluding carboxylic acids is 1. The molecule has 4 nitrogen and oxygen atoms in total. The van der Waals surface area contributed by atoms with E-state index in [1.807, 2.05) is 45.0 Å². The Morgan fingerprint density at radius 2 is 1.95 bits per heavy atom. The number of halogens is 1. The van der Waals surface area contributed by atoms with Gasteiger partial charge in [0.1, 0.15) is 18.0 Å². The molecule has 0 aliphatic carbocycles. The topological polar surface area (TPSA) is 38.8 Å². The maximum absolute atomic E-state index is 11.7. The van der Waals surface area contributed by atoms with Crippen LogP contribution >= 0.6 is 15.9 Å². The van der Waals surface area contributed by atoms with Gasteiger partial charge in [-0.3, -0.25) is 0 Å². The lowest BCUT2D eigenvalue weighted by molar-refractivity contribution is 0.0278. The molecule has 0 aliphatic heterocycles. The molecular formula is C14H20BrNO3. The summed E-state index contributed by atoms with van der Waals surface area (Å²) in [5.74, 6) is 0.764. The number of hydrogen-bond acceptors (Lipinski definition) is 3. The number of carbonyl (C=O) groups is 1. The summed E-state index contributed by atoms with van der Waals surface area (Å²) in [7, 11) is 1.69. The lowest BCUT2D eigenvalue weighted by atomic mass is 10.2. The van der Waals surface area contributed by atoms with Gasteiger partial charge in [0.05, 0.1) is 11.0 Å². The molecule has 0 N–H and O–H groups in total. The fraction of sp³-hybridized carbons (Fsp3) is 0.500. The van der Waals surface area contributed by atoms with Crippen molar-refractivity contribution in [3.8, 4) is 5.75 Å². The molecule has 1 aromatic carbocycles. The second-order valence-corrected chi connectivity index (χ2v) is 6.04. The van der Waals surface area contributed by atoms with Crippen LogP contribution in [0.3, 0.4) is 0 Å². The van der Waals surface area contributed by atoms with Gasteiger partial charge in [-0.25, -0.2) is 4.79 Å². The Kier molecular flexibility index (Phi) is 5.66. The van der Waals surface area contributed by atoms with Crippen molar-refractivity contribution < 1.29 is 14.3 Å². The van der Waals surface area contributed by atoms with Gasteiger partial charge in [-0.15, -0.1) is 0 Å². The van der Waals surface area contributed by atoms with Crippen LogP contribution in [0.4, 0.5) is 4.79 Å². The zero-order valence-corrected chi connectivity index (χ0v) is 13.4. The maximum atomic E-state index is 11.7. The second-order valence-electron chi connectivity index (χ2n) is 5.18. The number of amides is 1. The van der Waals surface area contributed by atoms with Crippen molar-refractivity contribution >= 4 is 22.0 Å². The van der Waals surface area contributed by atoms with E-state index in [1.54, 1.807) is 7.05 Å². The first-order valence-electron chi connectivity index (χ1n) is 6.11. The van der Waals surface area contributed by atoms with Crippen LogP contribution in [0.15, 0.2) is 28.7 Å². The van der Waals surface area contributed by atoms with Crippen molar-refractivity contribution in [1.29, 1.82) is 0 Å². The van der Waals surface area contributed by atoms with E-state index >= 15 is 0 Å². The van der Waals surface area contributed by atoms with Crippen molar-refractivity contribution in [3.05, 3.63) is 28.7 Å². The number of nitrogens with zero attached hydrogens (tertiary/aromatic N) is 1. The first kappa shape index (κ1) is 15.8. The molecule has 0 saturated heterocycles. The molecule has 0 fully saturated rings. The SMILES string of the molecule is CN(CCOc1ccccc1Br)C(=O)OC(C)(C)C. The molecule has 0 atom stereocenters. The zero-order valence-electron chi connectivity index (χ0n) is 11.8. The summed E-state index contributed by atoms with van der Waals surface area (Å²) in [5.41, 5.74) is -0.478. The van der Waals surface area contributed by atoms with E-state index in [-0.39, 0.29) is 6.09 Å². The smallest absolute Gasteiger partial charge is 0.410 e. The highest BCUT2D eigenvalue weighted by atomic mass is 79.9. The minimum atomic E-state index is -0.478. The standard InChI is InChI=1S/C14H20BrNO3/c1-14(2,3)19-13(17)16(4)9-10-18-12-8-6-5-7-11(12)15/h5-8H,9-10H2,1-4H3. The third-order valence-electron chi connectivity index (χ3n) is 2.23. The van der Waals surface area contributed by atoms with E-state index in [1.165, 1.54) is 4.90 Å². The predicted molar refractivity (Wildman–Crippen MR) is 78.5 cm³/mol. The molecule has 106 valence electrons. The summed E-state index contributed by atoms with van der Waals surface area (Å²) in [4.78, 5) is 13.2. The number of para-hydroxylation sites is 1. The molecule has 1 aromatic rings. The summed E-state index contributed by atoms with van der Waals surface area (Å²) in [5, 5.41) is 0. The average molecular weight is 330 g/mol. The number of benzene rings is 1. The van der Waals surface area contributed by atoms with Gasteiger partial charge in [0.2, 0.25) is 0 Å². The molecule has 0 heterocycles. The van der Waals surface area contributed by atoms with Crippen molar-refractivity contribution in [1.82, 2.24) is 4.90 Å². The molecule has 0 bridgehead atoms. The first-order chi connectivity index (χ1) is 8.79. The van der Waals surface area contributed by atoms with Crippen LogP contribution in [0.5, 0.6) is 5.75 Å². The van der Waals surface area contributed by atoms with E-state index in [0.29, 0.717) is 13.2 Å². The molecule has 0 radical (unpaired) electrons. The summed E-state index contributed by atoms with van der Waals surface area (Å²) >= 11 is 3.40. The summed E-state index contributed by atoms with van der Waals surface area (Å²) in [6, 6.07) is 7.60. The van der Waals surface area contributed by atoms with Crippen molar-refractivity contribution in [2.75, 3.05) is 20.2 Å². The van der Waals surface area contributed by atoms with Gasteiger partial charge < -0.3 is 14.4 Å². The largest absolute Gasteiger partial charge is 0.491 e. The molecule has 0 unspecified atom stereocenters. The highest BCUT2D eigenvalue weighted by Gasteiger charge is 2.19. The van der Waals surface area contributed by atoms with Gasteiger partial charge in [-0.05, 0) is 48.8 Å². The van der Waals surface area contributed by atoms with Crippen LogP contribution in [0, 0.1) is 0 Å². The van der Waals surface area contributed by atoms with Gasteiger partial charge >= 0.3 is 6.09 Å². The van der Waals surface area contributed by atoms with Gasteiger partial charge in [0.15, 0.2) is 0 Å². The Morgan fingerprint density at radius 1 is 1.32 bits per heavy atom. The number of ether oxygens (including phenoxy) is 2. The zero-order chi connectivity index (χ0) is 14.5. The molecule has 1 rings (SSSR count). The molecule has 19 heavy (non-hydrogen) atoms. The summed E-state index contributed by atoms with van der Waals surface area (Å²) in [6.07, 6.45) is -0.344. The molecular weight excluding hydrogens is 310 g/mol. The van der Waals surface area contributed by atoms with E-state index in [0.717, 1.165) is 10.2 Å².